The third-order valence-corrected chi connectivity index (χ3v) is 3.26. The first-order chi connectivity index (χ1) is 8.11. The molecule has 1 saturated heterocycles. The molecule has 5 heteroatoms. The van der Waals surface area contributed by atoms with Gasteiger partial charge in [0.15, 0.2) is 0 Å². The molecule has 1 fully saturated rings. The lowest BCUT2D eigenvalue weighted by Crippen LogP contribution is -2.40. The average molecular weight is 243 g/mol. The molecule has 2 N–H and O–H groups in total. The lowest BCUT2D eigenvalue weighted by molar-refractivity contribution is -0.122. The van der Waals surface area contributed by atoms with Crippen LogP contribution in [-0.4, -0.2) is 74.2 Å². The van der Waals surface area contributed by atoms with Crippen LogP contribution in [0.4, 0.5) is 0 Å². The summed E-state index contributed by atoms with van der Waals surface area (Å²) >= 11 is 0. The van der Waals surface area contributed by atoms with Crippen molar-refractivity contribution in [1.82, 2.24) is 15.1 Å². The molecule has 0 bridgehead atoms. The number of hydrogen-bond acceptors (Lipinski definition) is 4. The quantitative estimate of drug-likeness (QED) is 0.652. The van der Waals surface area contributed by atoms with Gasteiger partial charge in [0.2, 0.25) is 5.91 Å². The summed E-state index contributed by atoms with van der Waals surface area (Å²) in [5, 5.41) is 11.3. The minimum Gasteiger partial charge on any atom is -0.395 e. The van der Waals surface area contributed by atoms with Crippen molar-refractivity contribution in [3.63, 3.8) is 0 Å². The molecule has 0 radical (unpaired) electrons. The Bertz CT molecular complexity index is 228. The molecule has 100 valence electrons. The molecule has 0 aromatic carbocycles. The molecule has 0 spiro atoms. The Balaban J connectivity index is 2.15. The van der Waals surface area contributed by atoms with Gasteiger partial charge in [-0.2, -0.15) is 0 Å². The number of aliphatic hydroxyl groups is 1. The molecule has 0 aliphatic carbocycles. The number of hydrogen-bond donors (Lipinski definition) is 2. The number of rotatable bonds is 6. The van der Waals surface area contributed by atoms with E-state index in [0.29, 0.717) is 19.0 Å². The summed E-state index contributed by atoms with van der Waals surface area (Å²) in [5.41, 5.74) is 0. The van der Waals surface area contributed by atoms with Gasteiger partial charge < -0.3 is 15.3 Å². The minimum atomic E-state index is -0.00511. The van der Waals surface area contributed by atoms with Crippen molar-refractivity contribution in [2.45, 2.75) is 12.8 Å². The van der Waals surface area contributed by atoms with Crippen molar-refractivity contribution in [2.24, 2.45) is 5.92 Å². The molecule has 1 rings (SSSR count). The van der Waals surface area contributed by atoms with Crippen molar-refractivity contribution >= 4 is 5.91 Å². The topological polar surface area (TPSA) is 55.8 Å². The maximum absolute atomic E-state index is 11.4. The number of amides is 1. The maximum Gasteiger partial charge on any atom is 0.234 e. The van der Waals surface area contributed by atoms with E-state index in [1.165, 1.54) is 12.8 Å². The SMILES string of the molecule is CN1CCC(CN(C)CC(=O)NCCO)CC1. The van der Waals surface area contributed by atoms with E-state index >= 15 is 0 Å². The van der Waals surface area contributed by atoms with Crippen LogP contribution in [0.3, 0.4) is 0 Å². The number of aliphatic hydroxyl groups excluding tert-OH is 1. The Morgan fingerprint density at radius 3 is 2.71 bits per heavy atom. The highest BCUT2D eigenvalue weighted by Gasteiger charge is 2.18. The standard InChI is InChI=1S/C12H25N3O2/c1-14-6-3-11(4-7-14)9-15(2)10-12(17)13-5-8-16/h11,16H,3-10H2,1-2H3,(H,13,17). The second kappa shape index (κ2) is 7.63. The summed E-state index contributed by atoms with van der Waals surface area (Å²) in [7, 11) is 4.14. The van der Waals surface area contributed by atoms with Crippen molar-refractivity contribution in [3.8, 4) is 0 Å². The fraction of sp³-hybridized carbons (Fsp3) is 0.917. The number of nitrogens with zero attached hydrogens (tertiary/aromatic N) is 2. The van der Waals surface area contributed by atoms with E-state index in [1.807, 2.05) is 7.05 Å². The molecule has 1 heterocycles. The molecular weight excluding hydrogens is 218 g/mol. The van der Waals surface area contributed by atoms with E-state index < -0.39 is 0 Å². The minimum absolute atomic E-state index is 0.00438. The summed E-state index contributed by atoms with van der Waals surface area (Å²) < 4.78 is 0. The molecule has 0 aromatic rings. The molecule has 1 aliphatic rings. The predicted molar refractivity (Wildman–Crippen MR) is 67.8 cm³/mol. The largest absolute Gasteiger partial charge is 0.395 e. The fourth-order valence-corrected chi connectivity index (χ4v) is 2.25. The molecule has 17 heavy (non-hydrogen) atoms. The summed E-state index contributed by atoms with van der Waals surface area (Å²) in [4.78, 5) is 15.9. The van der Waals surface area contributed by atoms with Gasteiger partial charge in [-0.15, -0.1) is 0 Å². The highest BCUT2D eigenvalue weighted by Crippen LogP contribution is 2.16. The number of carbonyl (C=O) groups is 1. The van der Waals surface area contributed by atoms with Crippen molar-refractivity contribution < 1.29 is 9.90 Å². The lowest BCUT2D eigenvalue weighted by atomic mass is 9.97. The number of carbonyl (C=O) groups excluding carboxylic acids is 1. The number of likely N-dealkylation sites (tertiary alicyclic amines) is 1. The summed E-state index contributed by atoms with van der Waals surface area (Å²) in [6.07, 6.45) is 2.44. The van der Waals surface area contributed by atoms with E-state index in [4.69, 9.17) is 5.11 Å². The van der Waals surface area contributed by atoms with Crippen LogP contribution in [0.15, 0.2) is 0 Å². The lowest BCUT2D eigenvalue weighted by Gasteiger charge is -2.31. The van der Waals surface area contributed by atoms with Crippen LogP contribution in [0.25, 0.3) is 0 Å². The van der Waals surface area contributed by atoms with Crippen LogP contribution in [-0.2, 0) is 4.79 Å². The van der Waals surface area contributed by atoms with E-state index in [-0.39, 0.29) is 12.5 Å². The second-order valence-corrected chi connectivity index (χ2v) is 5.02. The second-order valence-electron chi connectivity index (χ2n) is 5.02. The van der Waals surface area contributed by atoms with Gasteiger partial charge in [-0.1, -0.05) is 0 Å². The molecule has 0 aromatic heterocycles. The van der Waals surface area contributed by atoms with Gasteiger partial charge in [0.05, 0.1) is 13.2 Å². The predicted octanol–water partition coefficient (Wildman–Crippen LogP) is -0.631. The van der Waals surface area contributed by atoms with Crippen LogP contribution >= 0.6 is 0 Å². The zero-order valence-electron chi connectivity index (χ0n) is 11.0. The Kier molecular flexibility index (Phi) is 6.47. The number of likely N-dealkylation sites (N-methyl/N-ethyl adjacent to an activating group) is 1. The zero-order valence-corrected chi connectivity index (χ0v) is 11.0. The first kappa shape index (κ1) is 14.4. The average Bonchev–Trinajstić information content (AvgIpc) is 2.29. The molecule has 0 saturated carbocycles. The molecule has 1 amide bonds. The van der Waals surface area contributed by atoms with E-state index in [2.05, 4.69) is 22.2 Å². The summed E-state index contributed by atoms with van der Waals surface area (Å²) in [6.45, 7) is 4.09. The molecule has 0 unspecified atom stereocenters. The van der Waals surface area contributed by atoms with E-state index in [9.17, 15) is 4.79 Å². The maximum atomic E-state index is 11.4. The fourth-order valence-electron chi connectivity index (χ4n) is 2.25. The first-order valence-corrected chi connectivity index (χ1v) is 6.36. The highest BCUT2D eigenvalue weighted by molar-refractivity contribution is 5.77. The van der Waals surface area contributed by atoms with Gasteiger partial charge >= 0.3 is 0 Å². The molecule has 0 atom stereocenters. The van der Waals surface area contributed by atoms with Gasteiger partial charge in [-0.05, 0) is 45.9 Å². The smallest absolute Gasteiger partial charge is 0.234 e. The van der Waals surface area contributed by atoms with Gasteiger partial charge in [-0.3, -0.25) is 9.69 Å². The van der Waals surface area contributed by atoms with Crippen LogP contribution in [0.5, 0.6) is 0 Å². The Hall–Kier alpha value is -0.650. The highest BCUT2D eigenvalue weighted by atomic mass is 16.3. The third kappa shape index (κ3) is 6.00. The van der Waals surface area contributed by atoms with E-state index in [1.54, 1.807) is 0 Å². The Morgan fingerprint density at radius 2 is 2.12 bits per heavy atom. The summed E-state index contributed by atoms with van der Waals surface area (Å²) in [6, 6.07) is 0. The molecule has 5 nitrogen and oxygen atoms in total. The summed E-state index contributed by atoms with van der Waals surface area (Å²) in [5.74, 6) is 0.705. The van der Waals surface area contributed by atoms with Crippen LogP contribution in [0, 0.1) is 5.92 Å². The van der Waals surface area contributed by atoms with Gasteiger partial charge in [0.25, 0.3) is 0 Å². The van der Waals surface area contributed by atoms with Crippen molar-refractivity contribution in [3.05, 3.63) is 0 Å². The van der Waals surface area contributed by atoms with Crippen LogP contribution in [0.2, 0.25) is 0 Å². The van der Waals surface area contributed by atoms with Crippen molar-refractivity contribution in [2.75, 3.05) is 53.4 Å². The van der Waals surface area contributed by atoms with Crippen LogP contribution in [0.1, 0.15) is 12.8 Å². The van der Waals surface area contributed by atoms with Crippen LogP contribution < -0.4 is 5.32 Å². The normalized spacial score (nSPS) is 18.6. The number of nitrogens with one attached hydrogen (secondary N) is 1. The monoisotopic (exact) mass is 243 g/mol. The third-order valence-electron chi connectivity index (χ3n) is 3.26. The van der Waals surface area contributed by atoms with Gasteiger partial charge in [0.1, 0.15) is 0 Å². The van der Waals surface area contributed by atoms with E-state index in [0.717, 1.165) is 19.6 Å². The van der Waals surface area contributed by atoms with Gasteiger partial charge in [-0.25, -0.2) is 0 Å². The number of piperidine rings is 1. The molecule has 1 aliphatic heterocycles. The first-order valence-electron chi connectivity index (χ1n) is 6.36. The molecular formula is C12H25N3O2. The Morgan fingerprint density at radius 1 is 1.47 bits per heavy atom. The Labute approximate surface area is 104 Å². The van der Waals surface area contributed by atoms with Gasteiger partial charge in [0, 0.05) is 13.1 Å². The zero-order chi connectivity index (χ0) is 12.7. The van der Waals surface area contributed by atoms with Crippen molar-refractivity contribution in [1.29, 1.82) is 0 Å².